The molecule has 0 atom stereocenters. The van der Waals surface area contributed by atoms with Gasteiger partial charge in [-0.3, -0.25) is 0 Å². The summed E-state index contributed by atoms with van der Waals surface area (Å²) in [5.74, 6) is -0.0580. The highest BCUT2D eigenvalue weighted by molar-refractivity contribution is 5.28. The summed E-state index contributed by atoms with van der Waals surface area (Å²) in [6.45, 7) is 1.94. The standard InChI is InChI=1S/C11H15N5O2/c1-8-9(14(2)6-12-8)4-5-10-11(16(17)18)13-7-15(10)3/h6-7H,4-5H2,1-3H3. The Morgan fingerprint density at radius 1 is 1.17 bits per heavy atom. The molecule has 0 saturated heterocycles. The first kappa shape index (κ1) is 12.3. The van der Waals surface area contributed by atoms with Gasteiger partial charge in [0.15, 0.2) is 0 Å². The van der Waals surface area contributed by atoms with Crippen molar-refractivity contribution in [2.24, 2.45) is 14.1 Å². The fourth-order valence-corrected chi connectivity index (χ4v) is 2.05. The monoisotopic (exact) mass is 249 g/mol. The van der Waals surface area contributed by atoms with Crippen LogP contribution in [-0.2, 0) is 26.9 Å². The van der Waals surface area contributed by atoms with Crippen LogP contribution in [0.4, 0.5) is 5.82 Å². The molecule has 7 heteroatoms. The summed E-state index contributed by atoms with van der Waals surface area (Å²) in [5.41, 5.74) is 2.69. The van der Waals surface area contributed by atoms with E-state index in [1.165, 1.54) is 6.33 Å². The van der Waals surface area contributed by atoms with Gasteiger partial charge >= 0.3 is 5.82 Å². The van der Waals surface area contributed by atoms with Crippen LogP contribution in [0.5, 0.6) is 0 Å². The third kappa shape index (κ3) is 2.11. The minimum atomic E-state index is -0.439. The van der Waals surface area contributed by atoms with Crippen molar-refractivity contribution in [1.82, 2.24) is 19.1 Å². The second kappa shape index (κ2) is 4.59. The zero-order valence-electron chi connectivity index (χ0n) is 10.6. The highest BCUT2D eigenvalue weighted by Crippen LogP contribution is 2.18. The fraction of sp³-hybridized carbons (Fsp3) is 0.455. The smallest absolute Gasteiger partial charge is 0.358 e. The van der Waals surface area contributed by atoms with E-state index in [4.69, 9.17) is 0 Å². The van der Waals surface area contributed by atoms with Crippen LogP contribution in [0.2, 0.25) is 0 Å². The van der Waals surface area contributed by atoms with E-state index >= 15 is 0 Å². The number of hydrogen-bond acceptors (Lipinski definition) is 4. The lowest BCUT2D eigenvalue weighted by Gasteiger charge is -2.04. The van der Waals surface area contributed by atoms with Crippen LogP contribution in [0.1, 0.15) is 17.1 Å². The van der Waals surface area contributed by atoms with Gasteiger partial charge in [0.2, 0.25) is 6.33 Å². The van der Waals surface area contributed by atoms with E-state index in [9.17, 15) is 10.1 Å². The van der Waals surface area contributed by atoms with Gasteiger partial charge in [0.25, 0.3) is 0 Å². The summed E-state index contributed by atoms with van der Waals surface area (Å²) in [7, 11) is 3.69. The van der Waals surface area contributed by atoms with E-state index in [0.717, 1.165) is 11.4 Å². The van der Waals surface area contributed by atoms with Gasteiger partial charge in [0, 0.05) is 26.2 Å². The van der Waals surface area contributed by atoms with Crippen molar-refractivity contribution in [3.05, 3.63) is 39.9 Å². The highest BCUT2D eigenvalue weighted by atomic mass is 16.6. The molecule has 0 saturated carbocycles. The number of hydrogen-bond donors (Lipinski definition) is 0. The van der Waals surface area contributed by atoms with Gasteiger partial charge < -0.3 is 19.2 Å². The molecular weight excluding hydrogens is 234 g/mol. The number of nitrogens with zero attached hydrogens (tertiary/aromatic N) is 5. The van der Waals surface area contributed by atoms with Gasteiger partial charge in [0.05, 0.1) is 12.0 Å². The normalized spacial score (nSPS) is 10.8. The summed E-state index contributed by atoms with van der Waals surface area (Å²) in [6, 6.07) is 0. The summed E-state index contributed by atoms with van der Waals surface area (Å²) in [6.07, 6.45) is 4.52. The molecule has 0 N–H and O–H groups in total. The molecule has 2 aromatic rings. The fourth-order valence-electron chi connectivity index (χ4n) is 2.05. The molecule has 96 valence electrons. The molecule has 0 amide bonds. The molecule has 0 unspecified atom stereocenters. The molecule has 0 bridgehead atoms. The third-order valence-corrected chi connectivity index (χ3v) is 3.08. The molecule has 0 fully saturated rings. The summed E-state index contributed by atoms with van der Waals surface area (Å²) < 4.78 is 3.64. The first-order valence-corrected chi connectivity index (χ1v) is 5.62. The Labute approximate surface area is 104 Å². The van der Waals surface area contributed by atoms with Crippen LogP contribution in [0, 0.1) is 17.0 Å². The Balaban J connectivity index is 2.21. The summed E-state index contributed by atoms with van der Waals surface area (Å²) >= 11 is 0. The molecule has 2 rings (SSSR count). The maximum absolute atomic E-state index is 10.8. The second-order valence-electron chi connectivity index (χ2n) is 4.27. The molecule has 2 aromatic heterocycles. The molecule has 0 spiro atoms. The Morgan fingerprint density at radius 2 is 1.72 bits per heavy atom. The van der Waals surface area contributed by atoms with Gasteiger partial charge in [-0.1, -0.05) is 0 Å². The van der Waals surface area contributed by atoms with Gasteiger partial charge in [0.1, 0.15) is 5.69 Å². The first-order valence-electron chi connectivity index (χ1n) is 5.62. The zero-order chi connectivity index (χ0) is 13.3. The predicted octanol–water partition coefficient (Wildman–Crippen LogP) is 1.16. The average molecular weight is 249 g/mol. The molecule has 0 radical (unpaired) electrons. The van der Waals surface area contributed by atoms with Crippen molar-refractivity contribution in [2.75, 3.05) is 0 Å². The summed E-state index contributed by atoms with van der Waals surface area (Å²) in [5, 5.41) is 10.8. The second-order valence-corrected chi connectivity index (χ2v) is 4.27. The molecule has 0 aliphatic carbocycles. The number of aryl methyl sites for hydroxylation is 3. The minimum absolute atomic E-state index is 0.0580. The number of imidazole rings is 2. The van der Waals surface area contributed by atoms with E-state index < -0.39 is 4.92 Å². The van der Waals surface area contributed by atoms with Crippen molar-refractivity contribution >= 4 is 5.82 Å². The predicted molar refractivity (Wildman–Crippen MR) is 65.2 cm³/mol. The van der Waals surface area contributed by atoms with E-state index in [2.05, 4.69) is 9.97 Å². The minimum Gasteiger partial charge on any atom is -0.358 e. The van der Waals surface area contributed by atoms with E-state index in [0.29, 0.717) is 18.5 Å². The molecule has 0 aliphatic heterocycles. The molecule has 2 heterocycles. The lowest BCUT2D eigenvalue weighted by molar-refractivity contribution is -0.390. The molecular formula is C11H15N5O2. The number of rotatable bonds is 4. The van der Waals surface area contributed by atoms with E-state index in [1.54, 1.807) is 17.9 Å². The number of aromatic nitrogens is 4. The molecule has 7 nitrogen and oxygen atoms in total. The van der Waals surface area contributed by atoms with Gasteiger partial charge in [-0.2, -0.15) is 0 Å². The van der Waals surface area contributed by atoms with Gasteiger partial charge in [-0.15, -0.1) is 0 Å². The maximum Gasteiger partial charge on any atom is 0.384 e. The SMILES string of the molecule is Cc1ncn(C)c1CCc1c([N+](=O)[O-])ncn1C. The van der Waals surface area contributed by atoms with Crippen LogP contribution in [0.15, 0.2) is 12.7 Å². The Hall–Kier alpha value is -2.18. The third-order valence-electron chi connectivity index (χ3n) is 3.08. The summed E-state index contributed by atoms with van der Waals surface area (Å²) in [4.78, 5) is 18.4. The van der Waals surface area contributed by atoms with E-state index in [1.807, 2.05) is 18.5 Å². The van der Waals surface area contributed by atoms with E-state index in [-0.39, 0.29) is 5.82 Å². The lowest BCUT2D eigenvalue weighted by Crippen LogP contribution is -2.05. The quantitative estimate of drug-likeness (QED) is 0.601. The molecule has 0 aromatic carbocycles. The molecule has 18 heavy (non-hydrogen) atoms. The van der Waals surface area contributed by atoms with Crippen molar-refractivity contribution in [3.63, 3.8) is 0 Å². The maximum atomic E-state index is 10.8. The average Bonchev–Trinajstić information content (AvgIpc) is 2.82. The Morgan fingerprint density at radius 3 is 2.28 bits per heavy atom. The van der Waals surface area contributed by atoms with Crippen molar-refractivity contribution in [3.8, 4) is 0 Å². The van der Waals surface area contributed by atoms with Gasteiger partial charge in [-0.05, 0) is 23.3 Å². The van der Waals surface area contributed by atoms with Crippen LogP contribution in [0.3, 0.4) is 0 Å². The van der Waals surface area contributed by atoms with Crippen LogP contribution in [0.25, 0.3) is 0 Å². The number of nitro groups is 1. The Bertz CT molecular complexity index is 565. The van der Waals surface area contributed by atoms with Crippen LogP contribution < -0.4 is 0 Å². The van der Waals surface area contributed by atoms with Crippen molar-refractivity contribution in [2.45, 2.75) is 19.8 Å². The largest absolute Gasteiger partial charge is 0.384 e. The molecule has 0 aliphatic rings. The van der Waals surface area contributed by atoms with Crippen LogP contribution >= 0.6 is 0 Å². The lowest BCUT2D eigenvalue weighted by atomic mass is 10.1. The van der Waals surface area contributed by atoms with Crippen LogP contribution in [-0.4, -0.2) is 24.0 Å². The van der Waals surface area contributed by atoms with Gasteiger partial charge in [-0.25, -0.2) is 4.98 Å². The highest BCUT2D eigenvalue weighted by Gasteiger charge is 2.20. The first-order chi connectivity index (χ1) is 8.50. The zero-order valence-corrected chi connectivity index (χ0v) is 10.6. The Kier molecular flexibility index (Phi) is 3.14. The topological polar surface area (TPSA) is 78.8 Å². The van der Waals surface area contributed by atoms with Crippen molar-refractivity contribution < 1.29 is 4.92 Å². The van der Waals surface area contributed by atoms with Crippen molar-refractivity contribution in [1.29, 1.82) is 0 Å².